The lowest BCUT2D eigenvalue weighted by Gasteiger charge is -2.35. The molecule has 1 aliphatic heterocycles. The monoisotopic (exact) mass is 404 g/mol. The van der Waals surface area contributed by atoms with E-state index in [1.165, 1.54) is 22.8 Å². The van der Waals surface area contributed by atoms with Crippen LogP contribution in [0.15, 0.2) is 39.9 Å². The van der Waals surface area contributed by atoms with Crippen LogP contribution in [0.1, 0.15) is 11.6 Å². The number of sulfonamides is 1. The Hall–Kier alpha value is -1.32. The molecule has 2 heterocycles. The molecule has 0 amide bonds. The topological polar surface area (TPSA) is 67.9 Å². The Labute approximate surface area is 158 Å². The number of nitrogens with one attached hydrogen (secondary N) is 1. The van der Waals surface area contributed by atoms with Gasteiger partial charge in [0.2, 0.25) is 0 Å². The van der Waals surface area contributed by atoms with Crippen LogP contribution in [0.3, 0.4) is 0 Å². The molecule has 138 valence electrons. The lowest BCUT2D eigenvalue weighted by molar-refractivity contribution is 0.264. The minimum Gasteiger partial charge on any atom is -0.496 e. The SMILES string of the molecule is COc1ccccc1C1CNCCN1S(=O)(=O)c1sccc1OC.Cl. The maximum Gasteiger partial charge on any atom is 0.256 e. The standard InChI is InChI=1S/C16H20N2O4S2.ClH/c1-21-14-6-4-3-5-12(14)13-11-17-8-9-18(13)24(19,20)16-15(22-2)7-10-23-16;/h3-7,10,13,17H,8-9,11H2,1-2H3;1H. The highest BCUT2D eigenvalue weighted by Crippen LogP contribution is 2.38. The lowest BCUT2D eigenvalue weighted by Crippen LogP contribution is -2.48. The molecule has 0 bridgehead atoms. The number of nitrogens with zero attached hydrogens (tertiary/aromatic N) is 1. The van der Waals surface area contributed by atoms with Crippen molar-refractivity contribution in [1.29, 1.82) is 0 Å². The molecule has 25 heavy (non-hydrogen) atoms. The number of benzene rings is 1. The number of methoxy groups -OCH3 is 2. The number of hydrogen-bond donors (Lipinski definition) is 1. The molecule has 0 aliphatic carbocycles. The zero-order valence-corrected chi connectivity index (χ0v) is 16.4. The van der Waals surface area contributed by atoms with E-state index in [4.69, 9.17) is 9.47 Å². The molecule has 9 heteroatoms. The summed E-state index contributed by atoms with van der Waals surface area (Å²) in [6, 6.07) is 8.87. The number of ether oxygens (including phenoxy) is 2. The van der Waals surface area contributed by atoms with Crippen LogP contribution in [0.5, 0.6) is 11.5 Å². The van der Waals surface area contributed by atoms with Gasteiger partial charge in [-0.15, -0.1) is 23.7 Å². The molecule has 1 aromatic carbocycles. The number of piperazine rings is 1. The molecule has 1 atom stereocenters. The van der Waals surface area contributed by atoms with Gasteiger partial charge in [-0.2, -0.15) is 4.31 Å². The van der Waals surface area contributed by atoms with Crippen molar-refractivity contribution in [3.8, 4) is 11.5 Å². The fourth-order valence-electron chi connectivity index (χ4n) is 2.91. The molecule has 0 saturated carbocycles. The Bertz CT molecular complexity index is 810. The normalized spacial score (nSPS) is 18.4. The average molecular weight is 405 g/mol. The van der Waals surface area contributed by atoms with Crippen LogP contribution in [-0.4, -0.2) is 46.6 Å². The summed E-state index contributed by atoms with van der Waals surface area (Å²) in [6.45, 7) is 1.54. The third kappa shape index (κ3) is 3.78. The van der Waals surface area contributed by atoms with E-state index >= 15 is 0 Å². The van der Waals surface area contributed by atoms with Gasteiger partial charge in [0.15, 0.2) is 4.21 Å². The van der Waals surface area contributed by atoms with E-state index in [0.29, 0.717) is 31.1 Å². The van der Waals surface area contributed by atoms with Crippen molar-refractivity contribution in [2.24, 2.45) is 0 Å². The van der Waals surface area contributed by atoms with E-state index in [9.17, 15) is 8.42 Å². The molecular weight excluding hydrogens is 384 g/mol. The molecule has 1 aromatic heterocycles. The lowest BCUT2D eigenvalue weighted by atomic mass is 10.0. The van der Waals surface area contributed by atoms with Crippen LogP contribution in [0.2, 0.25) is 0 Å². The Kier molecular flexibility index (Phi) is 6.70. The third-order valence-electron chi connectivity index (χ3n) is 4.05. The fraction of sp³-hybridized carbons (Fsp3) is 0.375. The van der Waals surface area contributed by atoms with Crippen LogP contribution in [-0.2, 0) is 10.0 Å². The van der Waals surface area contributed by atoms with Crippen molar-refractivity contribution in [1.82, 2.24) is 9.62 Å². The molecule has 3 rings (SSSR count). The van der Waals surface area contributed by atoms with Crippen LogP contribution in [0.25, 0.3) is 0 Å². The summed E-state index contributed by atoms with van der Waals surface area (Å²) in [5, 5.41) is 5.00. The van der Waals surface area contributed by atoms with Gasteiger partial charge in [-0.05, 0) is 17.5 Å². The first-order valence-corrected chi connectivity index (χ1v) is 9.88. The predicted octanol–water partition coefficient (Wildman–Crippen LogP) is 2.52. The van der Waals surface area contributed by atoms with Gasteiger partial charge in [0.1, 0.15) is 11.5 Å². The highest BCUT2D eigenvalue weighted by atomic mass is 35.5. The van der Waals surface area contributed by atoms with E-state index < -0.39 is 10.0 Å². The van der Waals surface area contributed by atoms with Crippen molar-refractivity contribution in [2.75, 3.05) is 33.9 Å². The molecule has 1 unspecified atom stereocenters. The van der Waals surface area contributed by atoms with Crippen LogP contribution in [0, 0.1) is 0 Å². The third-order valence-corrected chi connectivity index (χ3v) is 7.38. The first-order chi connectivity index (χ1) is 11.6. The molecule has 1 aliphatic rings. The quantitative estimate of drug-likeness (QED) is 0.829. The van der Waals surface area contributed by atoms with Crippen LogP contribution in [0.4, 0.5) is 0 Å². The van der Waals surface area contributed by atoms with Gasteiger partial charge in [0.25, 0.3) is 10.0 Å². The van der Waals surface area contributed by atoms with Gasteiger partial charge in [-0.25, -0.2) is 8.42 Å². The first kappa shape index (κ1) is 20.0. The van der Waals surface area contributed by atoms with Crippen molar-refractivity contribution in [3.05, 3.63) is 41.3 Å². The maximum absolute atomic E-state index is 13.2. The fourth-order valence-corrected chi connectivity index (χ4v) is 5.91. The van der Waals surface area contributed by atoms with E-state index in [1.54, 1.807) is 18.6 Å². The van der Waals surface area contributed by atoms with Crippen molar-refractivity contribution in [3.63, 3.8) is 0 Å². The van der Waals surface area contributed by atoms with E-state index in [-0.39, 0.29) is 22.7 Å². The smallest absolute Gasteiger partial charge is 0.256 e. The molecule has 0 spiro atoms. The van der Waals surface area contributed by atoms with Crippen molar-refractivity contribution in [2.45, 2.75) is 10.3 Å². The molecule has 1 fully saturated rings. The number of thiophene rings is 1. The summed E-state index contributed by atoms with van der Waals surface area (Å²) < 4.78 is 38.8. The first-order valence-electron chi connectivity index (χ1n) is 7.56. The second-order valence-electron chi connectivity index (χ2n) is 5.35. The molecule has 1 saturated heterocycles. The minimum absolute atomic E-state index is 0. The zero-order chi connectivity index (χ0) is 17.2. The predicted molar refractivity (Wildman–Crippen MR) is 101 cm³/mol. The zero-order valence-electron chi connectivity index (χ0n) is 14.0. The van der Waals surface area contributed by atoms with Gasteiger partial charge in [-0.3, -0.25) is 0 Å². The number of rotatable bonds is 5. The minimum atomic E-state index is -3.65. The number of para-hydroxylation sites is 1. The Morgan fingerprint density at radius 1 is 1.16 bits per heavy atom. The van der Waals surface area contributed by atoms with Gasteiger partial charge in [-0.1, -0.05) is 18.2 Å². The molecular formula is C16H21ClN2O4S2. The van der Waals surface area contributed by atoms with Crippen LogP contribution < -0.4 is 14.8 Å². The summed E-state index contributed by atoms with van der Waals surface area (Å²) in [5.41, 5.74) is 0.853. The van der Waals surface area contributed by atoms with Gasteiger partial charge in [0, 0.05) is 25.2 Å². The maximum atomic E-state index is 13.2. The second-order valence-corrected chi connectivity index (χ2v) is 8.36. The Morgan fingerprint density at radius 3 is 2.60 bits per heavy atom. The molecule has 0 radical (unpaired) electrons. The highest BCUT2D eigenvalue weighted by molar-refractivity contribution is 7.91. The van der Waals surface area contributed by atoms with E-state index in [1.807, 2.05) is 24.3 Å². The second kappa shape index (κ2) is 8.37. The van der Waals surface area contributed by atoms with Gasteiger partial charge >= 0.3 is 0 Å². The van der Waals surface area contributed by atoms with E-state index in [0.717, 1.165) is 5.56 Å². The largest absolute Gasteiger partial charge is 0.496 e. The Balaban J connectivity index is 0.00000225. The molecule has 1 N–H and O–H groups in total. The summed E-state index contributed by atoms with van der Waals surface area (Å²) in [7, 11) is -0.576. The summed E-state index contributed by atoms with van der Waals surface area (Å²) in [5.74, 6) is 1.07. The molecule has 2 aromatic rings. The molecule has 6 nitrogen and oxygen atoms in total. The summed E-state index contributed by atoms with van der Waals surface area (Å²) in [4.78, 5) is 0. The Morgan fingerprint density at radius 2 is 1.88 bits per heavy atom. The summed E-state index contributed by atoms with van der Waals surface area (Å²) >= 11 is 1.18. The average Bonchev–Trinajstić information content (AvgIpc) is 3.11. The summed E-state index contributed by atoms with van der Waals surface area (Å²) in [6.07, 6.45) is 0. The number of halogens is 1. The highest BCUT2D eigenvalue weighted by Gasteiger charge is 2.37. The van der Waals surface area contributed by atoms with Crippen LogP contribution >= 0.6 is 23.7 Å². The van der Waals surface area contributed by atoms with Crippen molar-refractivity contribution >= 4 is 33.8 Å². The van der Waals surface area contributed by atoms with Gasteiger partial charge in [0.05, 0.1) is 20.3 Å². The van der Waals surface area contributed by atoms with Gasteiger partial charge < -0.3 is 14.8 Å². The number of hydrogen-bond acceptors (Lipinski definition) is 6. The van der Waals surface area contributed by atoms with E-state index in [2.05, 4.69) is 5.32 Å². The van der Waals surface area contributed by atoms with Crippen molar-refractivity contribution < 1.29 is 17.9 Å².